The molecule has 1 aliphatic rings. The van der Waals surface area contributed by atoms with Crippen LogP contribution in [-0.4, -0.2) is 6.16 Å². The molecule has 0 bridgehead atoms. The molecule has 3 aromatic carbocycles. The van der Waals surface area contributed by atoms with Crippen LogP contribution >= 0.6 is 15.1 Å². The van der Waals surface area contributed by atoms with Gasteiger partial charge in [0.05, 0.1) is 30.2 Å². The quantitative estimate of drug-likeness (QED) is 0.257. The predicted octanol–water partition coefficient (Wildman–Crippen LogP) is 8.49. The molecule has 1 aliphatic heterocycles. The summed E-state index contributed by atoms with van der Waals surface area (Å²) >= 11 is 0. The van der Waals surface area contributed by atoms with Crippen LogP contribution < -0.4 is 10.6 Å². The molecule has 0 amide bonds. The molecule has 3 aromatic rings. The summed E-state index contributed by atoms with van der Waals surface area (Å²) in [7, 11) is -12.1. The minimum absolute atomic E-state index is 1.21. The van der Waals surface area contributed by atoms with Crippen molar-refractivity contribution in [2.45, 2.75) is 25.9 Å². The van der Waals surface area contributed by atoms with E-state index < -0.39 is 15.1 Å². The molecule has 0 saturated carbocycles. The van der Waals surface area contributed by atoms with Gasteiger partial charge in [0.2, 0.25) is 0 Å². The summed E-state index contributed by atoms with van der Waals surface area (Å²) in [4.78, 5) is 0. The second kappa shape index (κ2) is 7.90. The minimum atomic E-state index is -10.7. The third kappa shape index (κ3) is 7.05. The van der Waals surface area contributed by atoms with Crippen LogP contribution in [-0.2, 0) is 12.6 Å². The number of hydrogen-bond acceptors (Lipinski definition) is 0. The molecule has 168 valence electrons. The number of rotatable bonds is 2. The predicted molar refractivity (Wildman–Crippen MR) is 121 cm³/mol. The van der Waals surface area contributed by atoms with Gasteiger partial charge >= 0.3 is 33.0 Å². The maximum absolute atomic E-state index is 10.7. The van der Waals surface area contributed by atoms with Gasteiger partial charge in [0, 0.05) is 0 Å². The zero-order valence-corrected chi connectivity index (χ0v) is 18.8. The summed E-state index contributed by atoms with van der Waals surface area (Å²) in [5.41, 5.74) is 4.64. The normalized spacial score (nSPS) is 17.8. The van der Waals surface area contributed by atoms with Gasteiger partial charge in [-0.15, -0.1) is 0 Å². The van der Waals surface area contributed by atoms with Crippen LogP contribution in [0.15, 0.2) is 78.9 Å². The summed E-state index contributed by atoms with van der Waals surface area (Å²) < 4.78 is 59.2. The van der Waals surface area contributed by atoms with E-state index in [4.69, 9.17) is 0 Å². The third-order valence-corrected chi connectivity index (χ3v) is 9.93. The second-order valence-corrected chi connectivity index (χ2v) is 13.4. The van der Waals surface area contributed by atoms with Gasteiger partial charge in [0.15, 0.2) is 0 Å². The van der Waals surface area contributed by atoms with Crippen LogP contribution in [0.2, 0.25) is 0 Å². The van der Waals surface area contributed by atoms with Crippen molar-refractivity contribution in [2.24, 2.45) is 0 Å². The topological polar surface area (TPSA) is 0 Å². The van der Waals surface area contributed by atoms with E-state index in [1.54, 1.807) is 21.7 Å². The Labute approximate surface area is 178 Å². The zero-order valence-electron chi connectivity index (χ0n) is 17.0. The Morgan fingerprint density at radius 1 is 0.677 bits per heavy atom. The second-order valence-electron chi connectivity index (χ2n) is 7.80. The van der Waals surface area contributed by atoms with Crippen molar-refractivity contribution in [3.05, 3.63) is 95.6 Å². The molecule has 8 heteroatoms. The number of fused-ring (bicyclic) bond motifs is 1. The summed E-state index contributed by atoms with van der Waals surface area (Å²) in [5, 5.41) is 3.12. The van der Waals surface area contributed by atoms with Crippen molar-refractivity contribution in [1.29, 1.82) is 0 Å². The van der Waals surface area contributed by atoms with Crippen molar-refractivity contribution in [2.75, 3.05) is 6.16 Å². The monoisotopic (exact) mass is 476 g/mol. The van der Waals surface area contributed by atoms with E-state index in [9.17, 15) is 25.2 Å². The van der Waals surface area contributed by atoms with Gasteiger partial charge < -0.3 is 0 Å². The third-order valence-electron chi connectivity index (χ3n) is 5.42. The first kappa shape index (κ1) is 23.8. The zero-order chi connectivity index (χ0) is 22.8. The van der Waals surface area contributed by atoms with Gasteiger partial charge in [-0.2, -0.15) is 0 Å². The Bertz CT molecular complexity index is 982. The van der Waals surface area contributed by atoms with Crippen LogP contribution in [0.4, 0.5) is 25.2 Å². The fraction of sp³-hybridized carbons (Fsp3) is 0.217. The van der Waals surface area contributed by atoms with Crippen LogP contribution in [0.5, 0.6) is 0 Å². The van der Waals surface area contributed by atoms with Crippen molar-refractivity contribution in [3.8, 4) is 0 Å². The Hall–Kier alpha value is -1.90. The maximum atomic E-state index is 9.87. The van der Waals surface area contributed by atoms with E-state index in [2.05, 4.69) is 85.8 Å². The Balaban J connectivity index is 0.000000339. The number of benzene rings is 3. The molecule has 1 heterocycles. The number of hydrogen-bond donors (Lipinski definition) is 0. The molecule has 0 aromatic heterocycles. The van der Waals surface area contributed by atoms with Crippen LogP contribution in [0, 0.1) is 6.92 Å². The summed E-state index contributed by atoms with van der Waals surface area (Å²) in [5.74, 6) is 0. The fourth-order valence-electron chi connectivity index (χ4n) is 4.13. The van der Waals surface area contributed by atoms with Gasteiger partial charge in [-0.1, -0.05) is 54.6 Å². The van der Waals surface area contributed by atoms with E-state index in [-0.39, 0.29) is 0 Å². The molecular weight excluding hydrogens is 452 g/mol. The van der Waals surface area contributed by atoms with Gasteiger partial charge in [-0.3, -0.25) is 0 Å². The first-order valence-corrected chi connectivity index (χ1v) is 14.1. The Morgan fingerprint density at radius 2 is 1.16 bits per heavy atom. The van der Waals surface area contributed by atoms with Gasteiger partial charge in [-0.25, -0.2) is 0 Å². The SMILES string of the molecule is Cc1cccc2c1C[P+](c1ccccc1)(c1ccccc1)CCC2.F[P-](F)(F)(F)(F)F. The Morgan fingerprint density at radius 3 is 1.65 bits per heavy atom. The molecule has 0 spiro atoms. The van der Waals surface area contributed by atoms with Crippen LogP contribution in [0.25, 0.3) is 0 Å². The van der Waals surface area contributed by atoms with E-state index in [1.807, 2.05) is 0 Å². The Kier molecular flexibility index (Phi) is 6.06. The van der Waals surface area contributed by atoms with E-state index in [0.29, 0.717) is 0 Å². The average molecular weight is 476 g/mol. The van der Waals surface area contributed by atoms with E-state index >= 15 is 0 Å². The van der Waals surface area contributed by atoms with Gasteiger partial charge in [0.1, 0.15) is 0 Å². The molecule has 0 aliphatic carbocycles. The van der Waals surface area contributed by atoms with Gasteiger partial charge in [-0.05, 0) is 60.7 Å². The van der Waals surface area contributed by atoms with E-state index in [1.165, 1.54) is 30.7 Å². The van der Waals surface area contributed by atoms with E-state index in [0.717, 1.165) is 0 Å². The number of halogens is 6. The average Bonchev–Trinajstić information content (AvgIpc) is 2.89. The summed E-state index contributed by atoms with van der Waals surface area (Å²) in [6.45, 7) is 2.29. The first-order chi connectivity index (χ1) is 14.2. The fourth-order valence-corrected chi connectivity index (χ4v) is 8.64. The standard InChI is InChI=1S/C23H24P.F6P/c1-19-10-8-11-20-12-9-17-24(18-23(19)20,21-13-4-2-5-14-21)22-15-6-3-7-16-22;1-7(2,3,4,5)6/h2-8,10-11,13-16H,9,12,17-18H2,1H3;/q+1;-1. The van der Waals surface area contributed by atoms with Crippen molar-refractivity contribution < 1.29 is 25.2 Å². The molecule has 0 unspecified atom stereocenters. The van der Waals surface area contributed by atoms with Gasteiger partial charge in [0.25, 0.3) is 0 Å². The molecular formula is C23H24F6P2. The number of aryl methyl sites for hydroxylation is 2. The molecule has 0 nitrogen and oxygen atoms in total. The molecule has 0 atom stereocenters. The molecule has 0 saturated heterocycles. The molecule has 0 fully saturated rings. The first-order valence-electron chi connectivity index (χ1n) is 9.87. The van der Waals surface area contributed by atoms with Crippen molar-refractivity contribution >= 4 is 25.7 Å². The molecule has 0 radical (unpaired) electrons. The van der Waals surface area contributed by atoms with Crippen LogP contribution in [0.3, 0.4) is 0 Å². The summed E-state index contributed by atoms with van der Waals surface area (Å²) in [6, 6.07) is 29.4. The molecule has 31 heavy (non-hydrogen) atoms. The van der Waals surface area contributed by atoms with Crippen LogP contribution in [0.1, 0.15) is 23.1 Å². The summed E-state index contributed by atoms with van der Waals surface area (Å²) in [6.07, 6.45) is 5.03. The molecule has 0 N–H and O–H groups in total. The van der Waals surface area contributed by atoms with Crippen molar-refractivity contribution in [1.82, 2.24) is 0 Å². The van der Waals surface area contributed by atoms with Crippen molar-refractivity contribution in [3.63, 3.8) is 0 Å². The molecule has 4 rings (SSSR count).